The van der Waals surface area contributed by atoms with Crippen molar-refractivity contribution >= 4 is 6.03 Å². The highest BCUT2D eigenvalue weighted by Crippen LogP contribution is 2.48. The van der Waals surface area contributed by atoms with Gasteiger partial charge in [-0.1, -0.05) is 74.0 Å². The van der Waals surface area contributed by atoms with Crippen molar-refractivity contribution in [1.82, 2.24) is 15.1 Å². The van der Waals surface area contributed by atoms with E-state index < -0.39 is 0 Å². The summed E-state index contributed by atoms with van der Waals surface area (Å²) >= 11 is 0. The number of hydrogen-bond acceptors (Lipinski definition) is 2. The molecule has 2 aliphatic carbocycles. The Morgan fingerprint density at radius 1 is 0.939 bits per heavy atom. The minimum Gasteiger partial charge on any atom is -0.318 e. The van der Waals surface area contributed by atoms with E-state index in [4.69, 9.17) is 0 Å². The van der Waals surface area contributed by atoms with Crippen molar-refractivity contribution in [2.24, 2.45) is 5.92 Å². The third-order valence-electron chi connectivity index (χ3n) is 8.51. The number of nitrogens with one attached hydrogen (secondary N) is 1. The standard InChI is InChI=1S/C29H39N3O/c1-2-20-30-29(26-14-7-4-8-15-26)18-16-28(17-19-29)23-31(21-24-10-5-3-6-11-24)27(33)32(28)22-25-12-9-13-25/h3-8,10-11,14-15,25,30H,2,9,12-13,16-23H2,1H3. The Hall–Kier alpha value is -2.33. The van der Waals surface area contributed by atoms with Crippen LogP contribution in [0.15, 0.2) is 60.7 Å². The molecule has 0 unspecified atom stereocenters. The molecule has 1 N–H and O–H groups in total. The molecule has 1 saturated heterocycles. The van der Waals surface area contributed by atoms with E-state index in [1.54, 1.807) is 0 Å². The highest BCUT2D eigenvalue weighted by atomic mass is 16.2. The molecule has 3 fully saturated rings. The molecule has 33 heavy (non-hydrogen) atoms. The van der Waals surface area contributed by atoms with Crippen molar-refractivity contribution < 1.29 is 4.79 Å². The lowest BCUT2D eigenvalue weighted by Crippen LogP contribution is -2.56. The molecule has 4 nitrogen and oxygen atoms in total. The van der Waals surface area contributed by atoms with Gasteiger partial charge in [0.25, 0.3) is 0 Å². The van der Waals surface area contributed by atoms with Crippen LogP contribution in [-0.2, 0) is 12.1 Å². The summed E-state index contributed by atoms with van der Waals surface area (Å²) in [5.74, 6) is 0.696. The van der Waals surface area contributed by atoms with E-state index >= 15 is 0 Å². The maximum Gasteiger partial charge on any atom is 0.320 e. The molecular weight excluding hydrogens is 406 g/mol. The smallest absolute Gasteiger partial charge is 0.318 e. The normalized spacial score (nSPS) is 27.8. The van der Waals surface area contributed by atoms with Gasteiger partial charge in [-0.25, -0.2) is 4.79 Å². The highest BCUT2D eigenvalue weighted by molar-refractivity contribution is 5.78. The van der Waals surface area contributed by atoms with Crippen LogP contribution >= 0.6 is 0 Å². The van der Waals surface area contributed by atoms with E-state index in [9.17, 15) is 4.79 Å². The molecule has 176 valence electrons. The maximum absolute atomic E-state index is 13.7. The van der Waals surface area contributed by atoms with Crippen molar-refractivity contribution in [1.29, 1.82) is 0 Å². The zero-order valence-corrected chi connectivity index (χ0v) is 20.1. The van der Waals surface area contributed by atoms with Crippen molar-refractivity contribution in [2.75, 3.05) is 19.6 Å². The number of nitrogens with zero attached hydrogens (tertiary/aromatic N) is 2. The summed E-state index contributed by atoms with van der Waals surface area (Å²) in [4.78, 5) is 18.1. The predicted octanol–water partition coefficient (Wildman–Crippen LogP) is 5.93. The number of hydrogen-bond donors (Lipinski definition) is 1. The summed E-state index contributed by atoms with van der Waals surface area (Å²) in [5.41, 5.74) is 2.64. The van der Waals surface area contributed by atoms with Gasteiger partial charge >= 0.3 is 6.03 Å². The summed E-state index contributed by atoms with van der Waals surface area (Å²) in [7, 11) is 0. The molecule has 0 radical (unpaired) electrons. The van der Waals surface area contributed by atoms with Gasteiger partial charge in [-0.05, 0) is 68.5 Å². The molecule has 1 spiro atoms. The molecule has 0 aromatic heterocycles. The summed E-state index contributed by atoms with van der Waals surface area (Å²) < 4.78 is 0. The van der Waals surface area contributed by atoms with Crippen LogP contribution in [0, 0.1) is 5.92 Å². The van der Waals surface area contributed by atoms with Crippen LogP contribution in [0.3, 0.4) is 0 Å². The van der Waals surface area contributed by atoms with Crippen molar-refractivity contribution in [3.05, 3.63) is 71.8 Å². The van der Waals surface area contributed by atoms with Gasteiger partial charge in [0.2, 0.25) is 0 Å². The second-order valence-electron chi connectivity index (χ2n) is 10.6. The van der Waals surface area contributed by atoms with Crippen LogP contribution in [0.25, 0.3) is 0 Å². The first kappa shape index (κ1) is 22.5. The van der Waals surface area contributed by atoms with Gasteiger partial charge in [-0.2, -0.15) is 0 Å². The number of carbonyl (C=O) groups is 1. The third kappa shape index (κ3) is 4.42. The second kappa shape index (κ2) is 9.50. The summed E-state index contributed by atoms with van der Waals surface area (Å²) in [6, 6.07) is 21.8. The molecule has 1 aliphatic heterocycles. The van der Waals surface area contributed by atoms with Gasteiger partial charge in [0.1, 0.15) is 0 Å². The fraction of sp³-hybridized carbons (Fsp3) is 0.552. The Balaban J connectivity index is 1.38. The first-order valence-corrected chi connectivity index (χ1v) is 13.1. The molecule has 0 atom stereocenters. The van der Waals surface area contributed by atoms with Gasteiger partial charge < -0.3 is 15.1 Å². The van der Waals surface area contributed by atoms with E-state index in [-0.39, 0.29) is 17.1 Å². The maximum atomic E-state index is 13.7. The molecule has 1 heterocycles. The molecule has 2 saturated carbocycles. The third-order valence-corrected chi connectivity index (χ3v) is 8.51. The van der Waals surface area contributed by atoms with Gasteiger partial charge in [0, 0.05) is 25.2 Å². The first-order valence-electron chi connectivity index (χ1n) is 13.1. The van der Waals surface area contributed by atoms with Crippen molar-refractivity contribution in [3.8, 4) is 0 Å². The number of rotatable bonds is 8. The lowest BCUT2D eigenvalue weighted by atomic mass is 9.68. The Kier molecular flexibility index (Phi) is 6.47. The van der Waals surface area contributed by atoms with Gasteiger partial charge in [0.05, 0.1) is 5.54 Å². The Morgan fingerprint density at radius 3 is 2.21 bits per heavy atom. The first-order chi connectivity index (χ1) is 16.1. The molecule has 0 bridgehead atoms. The van der Waals surface area contributed by atoms with Crippen molar-refractivity contribution in [3.63, 3.8) is 0 Å². The molecule has 5 rings (SSSR count). The zero-order chi connectivity index (χ0) is 22.7. The van der Waals surface area contributed by atoms with Crippen LogP contribution < -0.4 is 5.32 Å². The minimum atomic E-state index is -0.0202. The average molecular weight is 446 g/mol. The summed E-state index contributed by atoms with van der Waals surface area (Å²) in [6.07, 6.45) is 9.34. The lowest BCUT2D eigenvalue weighted by molar-refractivity contribution is 0.0561. The summed E-state index contributed by atoms with van der Waals surface area (Å²) in [6.45, 7) is 5.82. The van der Waals surface area contributed by atoms with E-state index in [2.05, 4.69) is 76.6 Å². The molecule has 2 amide bonds. The quantitative estimate of drug-likeness (QED) is 0.546. The minimum absolute atomic E-state index is 0.0202. The van der Waals surface area contributed by atoms with E-state index in [1.807, 2.05) is 6.07 Å². The average Bonchev–Trinajstić information content (AvgIpc) is 3.07. The molecular formula is C29H39N3O. The van der Waals surface area contributed by atoms with E-state index in [0.29, 0.717) is 5.92 Å². The summed E-state index contributed by atoms with van der Waals surface area (Å²) in [5, 5.41) is 3.93. The SMILES string of the molecule is CCCNC1(c2ccccc2)CCC2(CC1)CN(Cc1ccccc1)C(=O)N2CC1CCC1. The highest BCUT2D eigenvalue weighted by Gasteiger charge is 2.54. The number of benzene rings is 2. The van der Waals surface area contributed by atoms with Crippen LogP contribution in [0.2, 0.25) is 0 Å². The van der Waals surface area contributed by atoms with Crippen LogP contribution in [0.4, 0.5) is 4.79 Å². The van der Waals surface area contributed by atoms with Crippen molar-refractivity contribution in [2.45, 2.75) is 75.9 Å². The number of carbonyl (C=O) groups excluding carboxylic acids is 1. The fourth-order valence-corrected chi connectivity index (χ4v) is 6.27. The lowest BCUT2D eigenvalue weighted by Gasteiger charge is -2.49. The fourth-order valence-electron chi connectivity index (χ4n) is 6.27. The Bertz CT molecular complexity index is 916. The van der Waals surface area contributed by atoms with Crippen LogP contribution in [-0.4, -0.2) is 41.0 Å². The topological polar surface area (TPSA) is 35.6 Å². The monoisotopic (exact) mass is 445 g/mol. The van der Waals surface area contributed by atoms with Gasteiger partial charge in [-0.15, -0.1) is 0 Å². The predicted molar refractivity (Wildman–Crippen MR) is 134 cm³/mol. The zero-order valence-electron chi connectivity index (χ0n) is 20.1. The van der Waals surface area contributed by atoms with E-state index in [0.717, 1.165) is 58.3 Å². The van der Waals surface area contributed by atoms with Gasteiger partial charge in [-0.3, -0.25) is 0 Å². The Labute approximate surface area is 199 Å². The van der Waals surface area contributed by atoms with E-state index in [1.165, 1.54) is 30.4 Å². The molecule has 4 heteroatoms. The van der Waals surface area contributed by atoms with Gasteiger partial charge in [0.15, 0.2) is 0 Å². The molecule has 3 aliphatic rings. The number of urea groups is 1. The second-order valence-corrected chi connectivity index (χ2v) is 10.6. The number of amides is 2. The Morgan fingerprint density at radius 2 is 1.61 bits per heavy atom. The van der Waals surface area contributed by atoms with Crippen LogP contribution in [0.5, 0.6) is 0 Å². The van der Waals surface area contributed by atoms with Crippen LogP contribution in [0.1, 0.15) is 69.4 Å². The molecule has 2 aromatic rings. The largest absolute Gasteiger partial charge is 0.320 e. The molecule has 2 aromatic carbocycles.